The van der Waals surface area contributed by atoms with E-state index in [1.807, 2.05) is 6.92 Å². The van der Waals surface area contributed by atoms with Crippen LogP contribution in [-0.2, 0) is 33.3 Å². The maximum absolute atomic E-state index is 13.8. The lowest BCUT2D eigenvalue weighted by atomic mass is 9.82. The van der Waals surface area contributed by atoms with Gasteiger partial charge < -0.3 is 116 Å². The molecule has 4 rings (SSSR count). The standard InChI is InChI=1S/C56H90N2O23/c1-31-17-15-13-11-9-7-5-6-8-10-12-14-16-18-39(80-54-51(72)47(49(70)34(4)79-54)58-30-56(76)52(73)50(71)43(67)29-77-56)24-44-46(53(74)57-27-38(63)28-59)42(66)26-55(75,81-44)25-37(62)22-41(65)40(64)20-19-35(60)21-36(61)23-45(68)78-33(3)32(2)48(31)69/h5-18,31-44,46-52,54,58-67,69-73,75-76H,19-30H2,1-4H3,(H,57,74)/t31-,32?,33-,34+,35+,36+,37-,38?,39-,40+,41+,42-,43+,44?,46?,47-,48+,49+,50-,51-,52-,54?,55+,56+/m0/s1. The molecule has 5 unspecified atom stereocenters. The van der Waals surface area contributed by atoms with E-state index in [-0.39, 0.29) is 25.2 Å². The Morgan fingerprint density at radius 1 is 0.679 bits per heavy atom. The Morgan fingerprint density at radius 2 is 1.28 bits per heavy atom. The van der Waals surface area contributed by atoms with E-state index in [9.17, 15) is 91.3 Å². The molecule has 0 spiro atoms. The number of esters is 1. The van der Waals surface area contributed by atoms with Crippen molar-refractivity contribution in [3.63, 3.8) is 0 Å². The zero-order valence-corrected chi connectivity index (χ0v) is 46.3. The number of hydrogen-bond acceptors (Lipinski definition) is 24. The van der Waals surface area contributed by atoms with E-state index in [1.165, 1.54) is 19.1 Å². The molecule has 25 heteroatoms. The number of aliphatic hydroxyl groups is 16. The van der Waals surface area contributed by atoms with Crippen LogP contribution >= 0.6 is 0 Å². The lowest BCUT2D eigenvalue weighted by molar-refractivity contribution is -0.323. The second-order valence-electron chi connectivity index (χ2n) is 21.8. The molecular formula is C56H90N2O23. The molecule has 0 aromatic rings. The predicted octanol–water partition coefficient (Wildman–Crippen LogP) is -3.47. The van der Waals surface area contributed by atoms with Gasteiger partial charge >= 0.3 is 5.97 Å². The van der Waals surface area contributed by atoms with Crippen molar-refractivity contribution in [1.82, 2.24) is 10.6 Å². The number of allylic oxidation sites excluding steroid dienone is 12. The van der Waals surface area contributed by atoms with Gasteiger partial charge in [0.15, 0.2) is 12.1 Å². The van der Waals surface area contributed by atoms with Crippen LogP contribution in [0, 0.1) is 17.8 Å². The van der Waals surface area contributed by atoms with Gasteiger partial charge in [0.25, 0.3) is 0 Å². The zero-order chi connectivity index (χ0) is 60.2. The topological polar surface area (TPSA) is 428 Å². The molecule has 2 bridgehead atoms. The molecule has 0 aromatic heterocycles. The number of nitrogens with one attached hydrogen (secondary N) is 2. The highest BCUT2D eigenvalue weighted by molar-refractivity contribution is 5.80. The number of carbonyl (C=O) groups excluding carboxylic acids is 2. The molecule has 24 atom stereocenters. The Labute approximate surface area is 472 Å². The van der Waals surface area contributed by atoms with E-state index in [4.69, 9.17) is 23.7 Å². The van der Waals surface area contributed by atoms with E-state index >= 15 is 0 Å². The molecule has 0 aliphatic carbocycles. The molecule has 3 saturated heterocycles. The number of ether oxygens (including phenoxy) is 5. The van der Waals surface area contributed by atoms with E-state index < -0.39 is 210 Å². The van der Waals surface area contributed by atoms with Crippen molar-refractivity contribution in [2.45, 2.75) is 207 Å². The van der Waals surface area contributed by atoms with Crippen molar-refractivity contribution < 1.29 is 115 Å². The van der Waals surface area contributed by atoms with Crippen LogP contribution in [0.2, 0.25) is 0 Å². The Kier molecular flexibility index (Phi) is 29.0. The summed E-state index contributed by atoms with van der Waals surface area (Å²) < 4.78 is 29.1. The number of cyclic esters (lactones) is 1. The van der Waals surface area contributed by atoms with Gasteiger partial charge in [0.05, 0.1) is 111 Å². The van der Waals surface area contributed by atoms with Crippen LogP contribution in [0.3, 0.4) is 0 Å². The summed E-state index contributed by atoms with van der Waals surface area (Å²) in [5.74, 6) is -8.93. The minimum Gasteiger partial charge on any atom is -0.462 e. The molecule has 4 aliphatic heterocycles. The number of hydrogen-bond donors (Lipinski definition) is 18. The minimum atomic E-state index is -2.49. The second kappa shape index (κ2) is 33.7. The summed E-state index contributed by atoms with van der Waals surface area (Å²) in [6, 6.07) is -1.38. The molecule has 4 aliphatic rings. The third-order valence-corrected chi connectivity index (χ3v) is 15.0. The summed E-state index contributed by atoms with van der Waals surface area (Å²) in [5, 5.41) is 178. The lowest BCUT2D eigenvalue weighted by Gasteiger charge is -2.47. The fourth-order valence-electron chi connectivity index (χ4n) is 9.91. The SMILES string of the molecule is CC1[C@H](C)OC(=O)C[C@H](O)C[C@H](O)CC[C@@H](O)[C@H](O)C[C@H](O)C[C@]2(O)C[C@H](O)C(C(=O)NCC(O)CO)C(C[C@@H](OC3O[C@H](C)[C@@H](O)[C@H](NC[C@@]4(O)OC[C@@H](O)[C@H](O)[C@@H]4O)[C@@H]3O)C=CC=CC=CC=CC=CC=CC=C[C@H](C)[C@H]1O)O2. The third kappa shape index (κ3) is 22.0. The zero-order valence-electron chi connectivity index (χ0n) is 46.3. The highest BCUT2D eigenvalue weighted by Gasteiger charge is 2.53. The molecule has 3 fully saturated rings. The van der Waals surface area contributed by atoms with Crippen molar-refractivity contribution in [2.75, 3.05) is 26.3 Å². The monoisotopic (exact) mass is 1160 g/mol. The average molecular weight is 1160 g/mol. The fourth-order valence-corrected chi connectivity index (χ4v) is 9.91. The second-order valence-corrected chi connectivity index (χ2v) is 21.8. The van der Waals surface area contributed by atoms with E-state index in [2.05, 4.69) is 10.6 Å². The van der Waals surface area contributed by atoms with Gasteiger partial charge in [-0.3, -0.25) is 9.59 Å². The Morgan fingerprint density at radius 3 is 1.90 bits per heavy atom. The largest absolute Gasteiger partial charge is 0.462 e. The fraction of sp³-hybridized carbons (Fsp3) is 0.714. The van der Waals surface area contributed by atoms with Gasteiger partial charge in [0, 0.05) is 44.1 Å². The van der Waals surface area contributed by atoms with Crippen molar-refractivity contribution in [3.05, 3.63) is 85.1 Å². The van der Waals surface area contributed by atoms with E-state index in [0.717, 1.165) is 0 Å². The third-order valence-electron chi connectivity index (χ3n) is 15.0. The van der Waals surface area contributed by atoms with Crippen LogP contribution in [0.4, 0.5) is 0 Å². The smallest absolute Gasteiger partial charge is 0.308 e. The first-order valence-electron chi connectivity index (χ1n) is 27.6. The average Bonchev–Trinajstić information content (AvgIpc) is 3.53. The van der Waals surface area contributed by atoms with Crippen LogP contribution in [0.25, 0.3) is 0 Å². The molecular weight excluding hydrogens is 1070 g/mol. The molecule has 18 N–H and O–H groups in total. The Balaban J connectivity index is 1.65. The lowest BCUT2D eigenvalue weighted by Crippen LogP contribution is -2.69. The van der Waals surface area contributed by atoms with Crippen molar-refractivity contribution in [3.8, 4) is 0 Å². The minimum absolute atomic E-state index is 0.156. The Bertz CT molecular complexity index is 2110. The predicted molar refractivity (Wildman–Crippen MR) is 288 cm³/mol. The van der Waals surface area contributed by atoms with Crippen LogP contribution in [0.1, 0.15) is 79.1 Å². The number of aliphatic hydroxyl groups excluding tert-OH is 14. The molecule has 0 saturated carbocycles. The first-order chi connectivity index (χ1) is 38.2. The summed E-state index contributed by atoms with van der Waals surface area (Å²) >= 11 is 0. The molecule has 0 aromatic carbocycles. The van der Waals surface area contributed by atoms with Gasteiger partial charge in [-0.2, -0.15) is 0 Å². The quantitative estimate of drug-likeness (QED) is 0.0998. The molecule has 81 heavy (non-hydrogen) atoms. The summed E-state index contributed by atoms with van der Waals surface area (Å²) in [7, 11) is 0. The Hall–Kier alpha value is -3.72. The maximum atomic E-state index is 13.8. The van der Waals surface area contributed by atoms with Crippen molar-refractivity contribution in [1.29, 1.82) is 0 Å². The molecule has 462 valence electrons. The molecule has 4 heterocycles. The van der Waals surface area contributed by atoms with Gasteiger partial charge in [0.1, 0.15) is 30.5 Å². The molecule has 1 amide bonds. The van der Waals surface area contributed by atoms with Crippen molar-refractivity contribution >= 4 is 11.9 Å². The highest BCUT2D eigenvalue weighted by Crippen LogP contribution is 2.38. The van der Waals surface area contributed by atoms with E-state index in [1.54, 1.807) is 86.8 Å². The summed E-state index contributed by atoms with van der Waals surface area (Å²) in [6.07, 6.45) is -6.03. The number of rotatable bonds is 9. The van der Waals surface area contributed by atoms with Crippen LogP contribution in [0.15, 0.2) is 85.1 Å². The van der Waals surface area contributed by atoms with Crippen LogP contribution in [0.5, 0.6) is 0 Å². The molecule has 0 radical (unpaired) electrons. The van der Waals surface area contributed by atoms with Crippen LogP contribution < -0.4 is 10.6 Å². The van der Waals surface area contributed by atoms with Gasteiger partial charge in [0.2, 0.25) is 11.7 Å². The number of fused-ring (bicyclic) bond motifs is 2. The molecule has 25 nitrogen and oxygen atoms in total. The normalized spacial score (nSPS) is 42.2. The highest BCUT2D eigenvalue weighted by atomic mass is 16.7. The maximum Gasteiger partial charge on any atom is 0.308 e. The van der Waals surface area contributed by atoms with Crippen LogP contribution in [-0.4, -0.2) is 248 Å². The summed E-state index contributed by atoms with van der Waals surface area (Å²) in [6.45, 7) is 4.17. The van der Waals surface area contributed by atoms with Gasteiger partial charge in [-0.05, 0) is 33.1 Å². The van der Waals surface area contributed by atoms with Gasteiger partial charge in [-0.1, -0.05) is 98.9 Å². The first kappa shape index (κ1) is 69.8. The number of carbonyl (C=O) groups is 2. The first-order valence-corrected chi connectivity index (χ1v) is 27.6. The summed E-state index contributed by atoms with van der Waals surface area (Å²) in [5.41, 5.74) is 0. The van der Waals surface area contributed by atoms with Gasteiger partial charge in [-0.15, -0.1) is 0 Å². The van der Waals surface area contributed by atoms with E-state index in [0.29, 0.717) is 0 Å². The van der Waals surface area contributed by atoms with Gasteiger partial charge in [-0.25, -0.2) is 0 Å². The summed E-state index contributed by atoms with van der Waals surface area (Å²) in [4.78, 5) is 26.6. The van der Waals surface area contributed by atoms with Crippen molar-refractivity contribution in [2.24, 2.45) is 17.8 Å². The number of amides is 1.